The Labute approximate surface area is 114 Å². The van der Waals surface area contributed by atoms with E-state index < -0.39 is 0 Å². The average Bonchev–Trinajstić information content (AvgIpc) is 2.48. The van der Waals surface area contributed by atoms with Gasteiger partial charge in [0.15, 0.2) is 0 Å². The SMILES string of the molecule is CCCCOC(=O)c1cccc(N2CCNCC2)c1. The first-order chi connectivity index (χ1) is 9.31. The van der Waals surface area contributed by atoms with Gasteiger partial charge in [-0.05, 0) is 24.6 Å². The van der Waals surface area contributed by atoms with Crippen molar-refractivity contribution in [1.29, 1.82) is 0 Å². The van der Waals surface area contributed by atoms with Crippen LogP contribution in [0.5, 0.6) is 0 Å². The molecule has 2 rings (SSSR count). The van der Waals surface area contributed by atoms with Crippen LogP contribution in [0.3, 0.4) is 0 Å². The Morgan fingerprint density at radius 3 is 2.89 bits per heavy atom. The van der Waals surface area contributed by atoms with Gasteiger partial charge in [0, 0.05) is 31.9 Å². The third-order valence-electron chi connectivity index (χ3n) is 3.30. The van der Waals surface area contributed by atoms with Gasteiger partial charge >= 0.3 is 5.97 Å². The van der Waals surface area contributed by atoms with Crippen LogP contribution < -0.4 is 10.2 Å². The Bertz CT molecular complexity index is 414. The number of carbonyl (C=O) groups excluding carboxylic acids is 1. The molecule has 1 aromatic rings. The van der Waals surface area contributed by atoms with E-state index in [1.54, 1.807) is 0 Å². The molecular weight excluding hydrogens is 240 g/mol. The highest BCUT2D eigenvalue weighted by atomic mass is 16.5. The van der Waals surface area contributed by atoms with Crippen molar-refractivity contribution in [3.63, 3.8) is 0 Å². The molecule has 0 bridgehead atoms. The fourth-order valence-corrected chi connectivity index (χ4v) is 2.15. The van der Waals surface area contributed by atoms with Gasteiger partial charge in [-0.15, -0.1) is 0 Å². The fourth-order valence-electron chi connectivity index (χ4n) is 2.15. The van der Waals surface area contributed by atoms with Crippen molar-refractivity contribution in [3.05, 3.63) is 29.8 Å². The maximum absolute atomic E-state index is 11.9. The van der Waals surface area contributed by atoms with E-state index >= 15 is 0 Å². The van der Waals surface area contributed by atoms with E-state index in [1.807, 2.05) is 24.3 Å². The first-order valence-electron chi connectivity index (χ1n) is 7.04. The van der Waals surface area contributed by atoms with E-state index in [-0.39, 0.29) is 5.97 Å². The zero-order valence-corrected chi connectivity index (χ0v) is 11.5. The largest absolute Gasteiger partial charge is 0.462 e. The van der Waals surface area contributed by atoms with Crippen LogP contribution in [-0.4, -0.2) is 38.8 Å². The Hall–Kier alpha value is -1.55. The molecule has 1 N–H and O–H groups in total. The Kier molecular flexibility index (Phi) is 5.21. The van der Waals surface area contributed by atoms with Crippen molar-refractivity contribution in [1.82, 2.24) is 5.32 Å². The number of anilines is 1. The second-order valence-corrected chi connectivity index (χ2v) is 4.78. The van der Waals surface area contributed by atoms with Gasteiger partial charge in [-0.2, -0.15) is 0 Å². The van der Waals surface area contributed by atoms with Gasteiger partial charge in [0.1, 0.15) is 0 Å². The molecule has 1 aliphatic rings. The van der Waals surface area contributed by atoms with Crippen molar-refractivity contribution in [2.45, 2.75) is 19.8 Å². The maximum Gasteiger partial charge on any atom is 0.338 e. The zero-order chi connectivity index (χ0) is 13.5. The van der Waals surface area contributed by atoms with Crippen molar-refractivity contribution < 1.29 is 9.53 Å². The van der Waals surface area contributed by atoms with E-state index in [2.05, 4.69) is 17.1 Å². The number of hydrogen-bond acceptors (Lipinski definition) is 4. The molecule has 1 aliphatic heterocycles. The predicted molar refractivity (Wildman–Crippen MR) is 76.7 cm³/mol. The number of hydrogen-bond donors (Lipinski definition) is 1. The van der Waals surface area contributed by atoms with E-state index in [1.165, 1.54) is 0 Å². The summed E-state index contributed by atoms with van der Waals surface area (Å²) in [6.07, 6.45) is 1.96. The Morgan fingerprint density at radius 1 is 1.37 bits per heavy atom. The number of rotatable bonds is 5. The van der Waals surface area contributed by atoms with Gasteiger partial charge in [-0.25, -0.2) is 4.79 Å². The second kappa shape index (κ2) is 7.14. The molecular formula is C15H22N2O2. The number of ether oxygens (including phenoxy) is 1. The fraction of sp³-hybridized carbons (Fsp3) is 0.533. The highest BCUT2D eigenvalue weighted by Gasteiger charge is 2.13. The number of benzene rings is 1. The molecule has 0 unspecified atom stereocenters. The first-order valence-corrected chi connectivity index (χ1v) is 7.04. The third-order valence-corrected chi connectivity index (χ3v) is 3.30. The van der Waals surface area contributed by atoms with Crippen LogP contribution in [0.25, 0.3) is 0 Å². The summed E-state index contributed by atoms with van der Waals surface area (Å²) in [5.41, 5.74) is 1.75. The molecule has 104 valence electrons. The Morgan fingerprint density at radius 2 is 2.16 bits per heavy atom. The van der Waals surface area contributed by atoms with Crippen LogP contribution in [0.2, 0.25) is 0 Å². The minimum atomic E-state index is -0.217. The summed E-state index contributed by atoms with van der Waals surface area (Å²) in [6.45, 7) is 6.53. The van der Waals surface area contributed by atoms with Gasteiger partial charge in [0.25, 0.3) is 0 Å². The molecule has 0 radical (unpaired) electrons. The molecule has 0 aromatic heterocycles. The number of nitrogens with one attached hydrogen (secondary N) is 1. The lowest BCUT2D eigenvalue weighted by atomic mass is 10.1. The van der Waals surface area contributed by atoms with Crippen molar-refractivity contribution in [2.24, 2.45) is 0 Å². The molecule has 0 spiro atoms. The van der Waals surface area contributed by atoms with Gasteiger partial charge in [-0.3, -0.25) is 0 Å². The van der Waals surface area contributed by atoms with Crippen LogP contribution in [0, 0.1) is 0 Å². The second-order valence-electron chi connectivity index (χ2n) is 4.78. The minimum Gasteiger partial charge on any atom is -0.462 e. The lowest BCUT2D eigenvalue weighted by molar-refractivity contribution is 0.0500. The summed E-state index contributed by atoms with van der Waals surface area (Å²) < 4.78 is 5.24. The highest BCUT2D eigenvalue weighted by Crippen LogP contribution is 2.17. The van der Waals surface area contributed by atoms with Crippen LogP contribution >= 0.6 is 0 Å². The predicted octanol–water partition coefficient (Wildman–Crippen LogP) is 2.05. The number of unbranched alkanes of at least 4 members (excludes halogenated alkanes) is 1. The topological polar surface area (TPSA) is 41.6 Å². The smallest absolute Gasteiger partial charge is 0.338 e. The highest BCUT2D eigenvalue weighted by molar-refractivity contribution is 5.90. The summed E-state index contributed by atoms with van der Waals surface area (Å²) in [7, 11) is 0. The number of piperazine rings is 1. The Balaban J connectivity index is 1.99. The van der Waals surface area contributed by atoms with Crippen molar-refractivity contribution in [3.8, 4) is 0 Å². The monoisotopic (exact) mass is 262 g/mol. The summed E-state index contributed by atoms with van der Waals surface area (Å²) in [6, 6.07) is 7.72. The average molecular weight is 262 g/mol. The van der Waals surface area contributed by atoms with Gasteiger partial charge < -0.3 is 15.0 Å². The molecule has 0 amide bonds. The molecule has 4 heteroatoms. The molecule has 1 saturated heterocycles. The molecule has 0 saturated carbocycles. The van der Waals surface area contributed by atoms with Crippen LogP contribution in [0.15, 0.2) is 24.3 Å². The lowest BCUT2D eigenvalue weighted by Crippen LogP contribution is -2.43. The van der Waals surface area contributed by atoms with E-state index in [0.717, 1.165) is 44.7 Å². The van der Waals surface area contributed by atoms with Gasteiger partial charge in [-0.1, -0.05) is 19.4 Å². The van der Waals surface area contributed by atoms with E-state index in [9.17, 15) is 4.79 Å². The quantitative estimate of drug-likeness (QED) is 0.651. The number of nitrogens with zero attached hydrogens (tertiary/aromatic N) is 1. The standard InChI is InChI=1S/C15H22N2O2/c1-2-3-11-19-15(18)13-5-4-6-14(12-13)17-9-7-16-8-10-17/h4-6,12,16H,2-3,7-11H2,1H3. The maximum atomic E-state index is 11.9. The normalized spacial score (nSPS) is 15.3. The van der Waals surface area contributed by atoms with E-state index in [0.29, 0.717) is 12.2 Å². The van der Waals surface area contributed by atoms with Crippen LogP contribution in [0.4, 0.5) is 5.69 Å². The molecule has 0 aliphatic carbocycles. The third kappa shape index (κ3) is 3.96. The summed E-state index contributed by atoms with van der Waals surface area (Å²) >= 11 is 0. The first kappa shape index (κ1) is 13.9. The minimum absolute atomic E-state index is 0.217. The summed E-state index contributed by atoms with van der Waals surface area (Å²) in [5.74, 6) is -0.217. The van der Waals surface area contributed by atoms with Crippen molar-refractivity contribution >= 4 is 11.7 Å². The molecule has 1 heterocycles. The lowest BCUT2D eigenvalue weighted by Gasteiger charge is -2.29. The van der Waals surface area contributed by atoms with E-state index in [4.69, 9.17) is 4.74 Å². The summed E-state index contributed by atoms with van der Waals surface area (Å²) in [4.78, 5) is 14.2. The number of esters is 1. The molecule has 4 nitrogen and oxygen atoms in total. The van der Waals surface area contributed by atoms with Gasteiger partial charge in [0.2, 0.25) is 0 Å². The van der Waals surface area contributed by atoms with Crippen LogP contribution in [-0.2, 0) is 4.74 Å². The molecule has 19 heavy (non-hydrogen) atoms. The van der Waals surface area contributed by atoms with Crippen LogP contribution in [0.1, 0.15) is 30.1 Å². The number of carbonyl (C=O) groups is 1. The van der Waals surface area contributed by atoms with Crippen molar-refractivity contribution in [2.75, 3.05) is 37.7 Å². The van der Waals surface area contributed by atoms with Gasteiger partial charge in [0.05, 0.1) is 12.2 Å². The summed E-state index contributed by atoms with van der Waals surface area (Å²) in [5, 5.41) is 3.32. The molecule has 1 fully saturated rings. The molecule has 0 atom stereocenters. The molecule has 1 aromatic carbocycles. The zero-order valence-electron chi connectivity index (χ0n) is 11.5.